The van der Waals surface area contributed by atoms with Gasteiger partial charge in [-0.1, -0.05) is 24.3 Å². The van der Waals surface area contributed by atoms with Gasteiger partial charge in [0.2, 0.25) is 0 Å². The normalized spacial score (nSPS) is 10.8. The molecule has 2 aromatic rings. The van der Waals surface area contributed by atoms with Crippen LogP contribution in [-0.4, -0.2) is 24.9 Å². The monoisotopic (exact) mass is 304 g/mol. The third kappa shape index (κ3) is 4.36. The molecule has 0 aromatic heterocycles. The molecule has 0 spiro atoms. The fraction of sp³-hybridized carbons (Fsp3) is 0.235. The van der Waals surface area contributed by atoms with Gasteiger partial charge in [-0.15, -0.1) is 0 Å². The van der Waals surface area contributed by atoms with Crippen molar-refractivity contribution in [1.29, 1.82) is 0 Å². The zero-order valence-electron chi connectivity index (χ0n) is 12.6. The molecular weight excluding hydrogens is 286 g/mol. The second-order valence-corrected chi connectivity index (χ2v) is 5.36. The molecule has 0 unspecified atom stereocenters. The van der Waals surface area contributed by atoms with Gasteiger partial charge in [0.05, 0.1) is 5.56 Å². The molecule has 1 N–H and O–H groups in total. The van der Waals surface area contributed by atoms with Crippen LogP contribution in [0.4, 0.5) is 8.78 Å². The van der Waals surface area contributed by atoms with Crippen LogP contribution in [0.25, 0.3) is 0 Å². The van der Waals surface area contributed by atoms with Crippen LogP contribution in [-0.2, 0) is 13.1 Å². The van der Waals surface area contributed by atoms with Gasteiger partial charge >= 0.3 is 0 Å². The van der Waals surface area contributed by atoms with Crippen LogP contribution in [0.5, 0.6) is 0 Å². The first-order valence-corrected chi connectivity index (χ1v) is 6.91. The summed E-state index contributed by atoms with van der Waals surface area (Å²) in [7, 11) is 3.98. The highest BCUT2D eigenvalue weighted by Gasteiger charge is 2.12. The van der Waals surface area contributed by atoms with E-state index in [0.717, 1.165) is 35.9 Å². The Balaban J connectivity index is 1.97. The van der Waals surface area contributed by atoms with Gasteiger partial charge in [0.15, 0.2) is 0 Å². The molecule has 0 heterocycles. The molecule has 5 heteroatoms. The van der Waals surface area contributed by atoms with Crippen molar-refractivity contribution in [2.24, 2.45) is 0 Å². The number of carbonyl (C=O) groups excluding carboxylic acids is 1. The molecule has 0 aliphatic rings. The first kappa shape index (κ1) is 16.1. The average Bonchev–Trinajstić information content (AvgIpc) is 2.48. The minimum absolute atomic E-state index is 0.261. The third-order valence-electron chi connectivity index (χ3n) is 3.15. The Bertz CT molecular complexity index is 654. The molecule has 2 rings (SSSR count). The Morgan fingerprint density at radius 3 is 2.32 bits per heavy atom. The number of amides is 1. The topological polar surface area (TPSA) is 32.3 Å². The second kappa shape index (κ2) is 7.13. The lowest BCUT2D eigenvalue weighted by molar-refractivity contribution is 0.0946. The molecule has 0 atom stereocenters. The van der Waals surface area contributed by atoms with Gasteiger partial charge in [-0.3, -0.25) is 4.79 Å². The summed E-state index contributed by atoms with van der Waals surface area (Å²) in [5, 5.41) is 2.59. The van der Waals surface area contributed by atoms with E-state index in [9.17, 15) is 13.6 Å². The lowest BCUT2D eigenvalue weighted by atomic mass is 10.1. The number of hydrogen-bond donors (Lipinski definition) is 1. The van der Waals surface area contributed by atoms with Crippen LogP contribution in [0, 0.1) is 11.6 Å². The predicted octanol–water partition coefficient (Wildman–Crippen LogP) is 2.96. The van der Waals surface area contributed by atoms with Gasteiger partial charge in [-0.2, -0.15) is 0 Å². The highest BCUT2D eigenvalue weighted by Crippen LogP contribution is 2.10. The second-order valence-electron chi connectivity index (χ2n) is 5.36. The van der Waals surface area contributed by atoms with Crippen LogP contribution >= 0.6 is 0 Å². The quantitative estimate of drug-likeness (QED) is 0.921. The van der Waals surface area contributed by atoms with Gasteiger partial charge in [-0.05, 0) is 43.4 Å². The number of halogens is 2. The molecule has 22 heavy (non-hydrogen) atoms. The number of benzene rings is 2. The number of nitrogens with zero attached hydrogens (tertiary/aromatic N) is 1. The van der Waals surface area contributed by atoms with Crippen molar-refractivity contribution >= 4 is 5.91 Å². The van der Waals surface area contributed by atoms with Gasteiger partial charge in [0.1, 0.15) is 11.6 Å². The fourth-order valence-corrected chi connectivity index (χ4v) is 2.08. The first-order valence-electron chi connectivity index (χ1n) is 6.91. The van der Waals surface area contributed by atoms with Crippen molar-refractivity contribution in [3.05, 3.63) is 70.8 Å². The standard InChI is InChI=1S/C17H18F2N2O/c1-21(2)11-13-5-3-12(4-6-13)10-20-17(22)15-9-14(18)7-8-16(15)19/h3-9H,10-11H2,1-2H3,(H,20,22). The number of nitrogens with one attached hydrogen (secondary N) is 1. The van der Waals surface area contributed by atoms with E-state index in [2.05, 4.69) is 10.2 Å². The lowest BCUT2D eigenvalue weighted by Crippen LogP contribution is -2.24. The molecule has 0 aliphatic heterocycles. The minimum atomic E-state index is -0.736. The Labute approximate surface area is 128 Å². The van der Waals surface area contributed by atoms with E-state index in [0.29, 0.717) is 0 Å². The molecule has 0 fully saturated rings. The molecule has 0 saturated heterocycles. The van der Waals surface area contributed by atoms with Crippen LogP contribution in [0.2, 0.25) is 0 Å². The minimum Gasteiger partial charge on any atom is -0.348 e. The molecule has 0 saturated carbocycles. The molecular formula is C17H18F2N2O. The molecule has 1 amide bonds. The molecule has 116 valence electrons. The highest BCUT2D eigenvalue weighted by molar-refractivity contribution is 5.94. The molecule has 0 bridgehead atoms. The summed E-state index contributed by atoms with van der Waals surface area (Å²) in [5.41, 5.74) is 1.77. The van der Waals surface area contributed by atoms with E-state index in [1.165, 1.54) is 0 Å². The van der Waals surface area contributed by atoms with E-state index >= 15 is 0 Å². The fourth-order valence-electron chi connectivity index (χ4n) is 2.08. The molecule has 0 radical (unpaired) electrons. The summed E-state index contributed by atoms with van der Waals surface area (Å²) in [6.45, 7) is 1.10. The maximum atomic E-state index is 13.5. The van der Waals surface area contributed by atoms with Gasteiger partial charge in [0.25, 0.3) is 5.91 Å². The first-order chi connectivity index (χ1) is 10.5. The third-order valence-corrected chi connectivity index (χ3v) is 3.15. The molecule has 0 aliphatic carbocycles. The van der Waals surface area contributed by atoms with Gasteiger partial charge in [-0.25, -0.2) is 8.78 Å². The van der Waals surface area contributed by atoms with E-state index in [1.807, 2.05) is 38.4 Å². The van der Waals surface area contributed by atoms with Crippen molar-refractivity contribution in [3.8, 4) is 0 Å². The van der Waals surface area contributed by atoms with Crippen LogP contribution in [0.1, 0.15) is 21.5 Å². The largest absolute Gasteiger partial charge is 0.348 e. The van der Waals surface area contributed by atoms with Crippen molar-refractivity contribution in [3.63, 3.8) is 0 Å². The Morgan fingerprint density at radius 2 is 1.68 bits per heavy atom. The van der Waals surface area contributed by atoms with Crippen LogP contribution < -0.4 is 5.32 Å². The zero-order valence-corrected chi connectivity index (χ0v) is 12.6. The summed E-state index contributed by atoms with van der Waals surface area (Å²) in [4.78, 5) is 13.9. The number of carbonyl (C=O) groups is 1. The average molecular weight is 304 g/mol. The van der Waals surface area contributed by atoms with Crippen molar-refractivity contribution < 1.29 is 13.6 Å². The zero-order chi connectivity index (χ0) is 16.1. The summed E-state index contributed by atoms with van der Waals surface area (Å²) < 4.78 is 26.6. The maximum Gasteiger partial charge on any atom is 0.254 e. The summed E-state index contributed by atoms with van der Waals surface area (Å²) >= 11 is 0. The summed E-state index contributed by atoms with van der Waals surface area (Å²) in [5.74, 6) is -2.01. The molecule has 2 aromatic carbocycles. The van der Waals surface area contributed by atoms with E-state index in [4.69, 9.17) is 0 Å². The Hall–Kier alpha value is -2.27. The Kier molecular flexibility index (Phi) is 5.22. The predicted molar refractivity (Wildman–Crippen MR) is 81.4 cm³/mol. The van der Waals surface area contributed by atoms with Crippen LogP contribution in [0.3, 0.4) is 0 Å². The molecule has 3 nitrogen and oxygen atoms in total. The number of hydrogen-bond acceptors (Lipinski definition) is 2. The smallest absolute Gasteiger partial charge is 0.254 e. The van der Waals surface area contributed by atoms with Gasteiger partial charge < -0.3 is 10.2 Å². The maximum absolute atomic E-state index is 13.5. The lowest BCUT2D eigenvalue weighted by Gasteiger charge is -2.10. The summed E-state index contributed by atoms with van der Waals surface area (Å²) in [6.07, 6.45) is 0. The van der Waals surface area contributed by atoms with E-state index in [-0.39, 0.29) is 12.1 Å². The van der Waals surface area contributed by atoms with E-state index in [1.54, 1.807) is 0 Å². The SMILES string of the molecule is CN(C)Cc1ccc(CNC(=O)c2cc(F)ccc2F)cc1. The Morgan fingerprint density at radius 1 is 1.05 bits per heavy atom. The number of rotatable bonds is 5. The van der Waals surface area contributed by atoms with Crippen molar-refractivity contribution in [1.82, 2.24) is 10.2 Å². The van der Waals surface area contributed by atoms with Crippen molar-refractivity contribution in [2.45, 2.75) is 13.1 Å². The van der Waals surface area contributed by atoms with Crippen LogP contribution in [0.15, 0.2) is 42.5 Å². The van der Waals surface area contributed by atoms with Crippen molar-refractivity contribution in [2.75, 3.05) is 14.1 Å². The van der Waals surface area contributed by atoms with E-state index < -0.39 is 17.5 Å². The van der Waals surface area contributed by atoms with Gasteiger partial charge in [0, 0.05) is 13.1 Å². The highest BCUT2D eigenvalue weighted by atomic mass is 19.1. The summed E-state index contributed by atoms with van der Waals surface area (Å²) in [6, 6.07) is 10.6.